The molecule has 1 aliphatic heterocycles. The fourth-order valence-electron chi connectivity index (χ4n) is 3.13. The fourth-order valence-corrected chi connectivity index (χ4v) is 3.13. The van der Waals surface area contributed by atoms with Crippen LogP contribution in [-0.4, -0.2) is 25.2 Å². The van der Waals surface area contributed by atoms with E-state index >= 15 is 0 Å². The van der Waals surface area contributed by atoms with Gasteiger partial charge in [0, 0.05) is 30.9 Å². The van der Waals surface area contributed by atoms with Crippen LogP contribution in [0.15, 0.2) is 18.2 Å². The quantitative estimate of drug-likeness (QED) is 0.894. The molecule has 2 atom stereocenters. The van der Waals surface area contributed by atoms with Gasteiger partial charge in [0.2, 0.25) is 0 Å². The van der Waals surface area contributed by atoms with Gasteiger partial charge in [-0.1, -0.05) is 19.9 Å². The Balaban J connectivity index is 2.16. The van der Waals surface area contributed by atoms with Crippen molar-refractivity contribution in [3.8, 4) is 0 Å². The van der Waals surface area contributed by atoms with Crippen LogP contribution in [0.5, 0.6) is 0 Å². The maximum atomic E-state index is 3.69. The number of anilines is 1. The summed E-state index contributed by atoms with van der Waals surface area (Å²) in [6, 6.07) is 8.09. The smallest absolute Gasteiger partial charge is 0.0387 e. The van der Waals surface area contributed by atoms with Gasteiger partial charge in [-0.25, -0.2) is 0 Å². The molecular weight excluding hydrogens is 232 g/mol. The third-order valence-electron chi connectivity index (χ3n) is 3.95. The zero-order chi connectivity index (χ0) is 14.0. The highest BCUT2D eigenvalue weighted by Crippen LogP contribution is 2.24. The van der Waals surface area contributed by atoms with Crippen LogP contribution in [0, 0.1) is 19.8 Å². The Hall–Kier alpha value is -1.02. The topological polar surface area (TPSA) is 15.3 Å². The Morgan fingerprint density at radius 2 is 1.84 bits per heavy atom. The molecule has 2 rings (SSSR count). The second-order valence-electron chi connectivity index (χ2n) is 6.58. The van der Waals surface area contributed by atoms with Gasteiger partial charge in [-0.3, -0.25) is 0 Å². The lowest BCUT2D eigenvalue weighted by molar-refractivity contribution is 0.356. The standard InChI is InChI=1S/C17H28N2/c1-12(2)6-16-11-19(15(5)10-18-16)17-8-13(3)7-14(4)9-17/h7-9,12,15-16,18H,6,10-11H2,1-5H3. The van der Waals surface area contributed by atoms with Crippen LogP contribution < -0.4 is 10.2 Å². The third kappa shape index (κ3) is 3.73. The number of nitrogens with zero attached hydrogens (tertiary/aromatic N) is 1. The van der Waals surface area contributed by atoms with Crippen molar-refractivity contribution in [2.75, 3.05) is 18.0 Å². The number of hydrogen-bond donors (Lipinski definition) is 1. The van der Waals surface area contributed by atoms with Crippen molar-refractivity contribution in [1.29, 1.82) is 0 Å². The maximum Gasteiger partial charge on any atom is 0.0387 e. The van der Waals surface area contributed by atoms with Crippen molar-refractivity contribution in [1.82, 2.24) is 5.32 Å². The molecule has 0 spiro atoms. The average Bonchev–Trinajstić information content (AvgIpc) is 2.29. The van der Waals surface area contributed by atoms with E-state index in [0.717, 1.165) is 19.0 Å². The first-order chi connectivity index (χ1) is 8.95. The number of piperazine rings is 1. The summed E-state index contributed by atoms with van der Waals surface area (Å²) in [4.78, 5) is 2.57. The third-order valence-corrected chi connectivity index (χ3v) is 3.95. The van der Waals surface area contributed by atoms with E-state index in [4.69, 9.17) is 0 Å². The van der Waals surface area contributed by atoms with Gasteiger partial charge < -0.3 is 10.2 Å². The molecule has 0 bridgehead atoms. The molecular formula is C17H28N2. The first-order valence-corrected chi connectivity index (χ1v) is 7.54. The lowest BCUT2D eigenvalue weighted by atomic mass is 9.99. The molecule has 1 fully saturated rings. The zero-order valence-corrected chi connectivity index (χ0v) is 13.0. The summed E-state index contributed by atoms with van der Waals surface area (Å²) in [5, 5.41) is 3.69. The molecule has 2 heteroatoms. The van der Waals surface area contributed by atoms with Crippen molar-refractivity contribution < 1.29 is 0 Å². The summed E-state index contributed by atoms with van der Waals surface area (Å²) in [7, 11) is 0. The summed E-state index contributed by atoms with van der Waals surface area (Å²) < 4.78 is 0. The van der Waals surface area contributed by atoms with Gasteiger partial charge in [0.05, 0.1) is 0 Å². The Morgan fingerprint density at radius 3 is 2.42 bits per heavy atom. The van der Waals surface area contributed by atoms with Crippen LogP contribution in [0.3, 0.4) is 0 Å². The molecule has 1 saturated heterocycles. The Kier molecular flexibility index (Phi) is 4.51. The van der Waals surface area contributed by atoms with Crippen molar-refractivity contribution in [2.45, 2.75) is 53.1 Å². The lowest BCUT2D eigenvalue weighted by Gasteiger charge is -2.41. The van der Waals surface area contributed by atoms with Crippen LogP contribution in [0.1, 0.15) is 38.3 Å². The van der Waals surface area contributed by atoms with E-state index in [1.54, 1.807) is 0 Å². The van der Waals surface area contributed by atoms with E-state index in [1.165, 1.54) is 23.2 Å². The SMILES string of the molecule is Cc1cc(C)cc(N2CC(CC(C)C)NCC2C)c1. The van der Waals surface area contributed by atoms with Gasteiger partial charge in [0.15, 0.2) is 0 Å². The molecule has 0 aromatic heterocycles. The molecule has 1 aromatic carbocycles. The predicted molar refractivity (Wildman–Crippen MR) is 84.0 cm³/mol. The minimum atomic E-state index is 0.574. The summed E-state index contributed by atoms with van der Waals surface area (Å²) >= 11 is 0. The van der Waals surface area contributed by atoms with Crippen LogP contribution in [0.2, 0.25) is 0 Å². The molecule has 0 aliphatic carbocycles. The van der Waals surface area contributed by atoms with E-state index in [2.05, 4.69) is 63.0 Å². The second-order valence-corrected chi connectivity index (χ2v) is 6.58. The van der Waals surface area contributed by atoms with E-state index in [1.807, 2.05) is 0 Å². The summed E-state index contributed by atoms with van der Waals surface area (Å²) in [6.07, 6.45) is 1.26. The second kappa shape index (κ2) is 5.96. The zero-order valence-electron chi connectivity index (χ0n) is 13.0. The number of benzene rings is 1. The maximum absolute atomic E-state index is 3.69. The number of hydrogen-bond acceptors (Lipinski definition) is 2. The molecule has 2 nitrogen and oxygen atoms in total. The first-order valence-electron chi connectivity index (χ1n) is 7.54. The molecule has 1 aromatic rings. The summed E-state index contributed by atoms with van der Waals surface area (Å²) in [5.74, 6) is 0.756. The Bertz CT molecular complexity index is 405. The number of nitrogens with one attached hydrogen (secondary N) is 1. The van der Waals surface area contributed by atoms with Gasteiger partial charge in [-0.05, 0) is 56.4 Å². The van der Waals surface area contributed by atoms with E-state index in [0.29, 0.717) is 12.1 Å². The molecule has 106 valence electrons. The minimum Gasteiger partial charge on any atom is -0.366 e. The highest BCUT2D eigenvalue weighted by atomic mass is 15.2. The molecule has 0 amide bonds. The summed E-state index contributed by atoms with van der Waals surface area (Å²) in [6.45, 7) is 13.5. The fraction of sp³-hybridized carbons (Fsp3) is 0.647. The predicted octanol–water partition coefficient (Wildman–Crippen LogP) is 3.52. The highest BCUT2D eigenvalue weighted by Gasteiger charge is 2.25. The van der Waals surface area contributed by atoms with Crippen LogP contribution in [-0.2, 0) is 0 Å². The monoisotopic (exact) mass is 260 g/mol. The molecule has 1 N–H and O–H groups in total. The highest BCUT2D eigenvalue weighted by molar-refractivity contribution is 5.52. The van der Waals surface area contributed by atoms with Gasteiger partial charge in [0.1, 0.15) is 0 Å². The molecule has 19 heavy (non-hydrogen) atoms. The van der Waals surface area contributed by atoms with Crippen LogP contribution >= 0.6 is 0 Å². The van der Waals surface area contributed by atoms with Crippen molar-refractivity contribution >= 4 is 5.69 Å². The summed E-state index contributed by atoms with van der Waals surface area (Å²) in [5.41, 5.74) is 4.11. The van der Waals surface area contributed by atoms with E-state index in [-0.39, 0.29) is 0 Å². The normalized spacial score (nSPS) is 24.0. The van der Waals surface area contributed by atoms with E-state index < -0.39 is 0 Å². The van der Waals surface area contributed by atoms with Gasteiger partial charge in [-0.2, -0.15) is 0 Å². The number of rotatable bonds is 3. The van der Waals surface area contributed by atoms with Crippen molar-refractivity contribution in [3.05, 3.63) is 29.3 Å². The molecule has 0 saturated carbocycles. The van der Waals surface area contributed by atoms with Crippen molar-refractivity contribution in [2.24, 2.45) is 5.92 Å². The Morgan fingerprint density at radius 1 is 1.21 bits per heavy atom. The number of aryl methyl sites for hydroxylation is 2. The molecule has 2 unspecified atom stereocenters. The first kappa shape index (κ1) is 14.4. The van der Waals surface area contributed by atoms with Gasteiger partial charge in [-0.15, -0.1) is 0 Å². The Labute approximate surface area is 118 Å². The molecule has 1 aliphatic rings. The van der Waals surface area contributed by atoms with Crippen LogP contribution in [0.25, 0.3) is 0 Å². The molecule has 0 radical (unpaired) electrons. The van der Waals surface area contributed by atoms with Gasteiger partial charge in [0.25, 0.3) is 0 Å². The lowest BCUT2D eigenvalue weighted by Crippen LogP contribution is -2.56. The van der Waals surface area contributed by atoms with Crippen LogP contribution in [0.4, 0.5) is 5.69 Å². The molecule has 1 heterocycles. The van der Waals surface area contributed by atoms with Gasteiger partial charge >= 0.3 is 0 Å². The van der Waals surface area contributed by atoms with Crippen molar-refractivity contribution in [3.63, 3.8) is 0 Å². The van der Waals surface area contributed by atoms with E-state index in [9.17, 15) is 0 Å². The largest absolute Gasteiger partial charge is 0.366 e. The minimum absolute atomic E-state index is 0.574. The average molecular weight is 260 g/mol.